The summed E-state index contributed by atoms with van der Waals surface area (Å²) in [6, 6.07) is 14.6. The monoisotopic (exact) mass is 491 g/mol. The van der Waals surface area contributed by atoms with Gasteiger partial charge in [0.25, 0.3) is 5.69 Å². The normalized spacial score (nSPS) is 13.3. The van der Waals surface area contributed by atoms with Gasteiger partial charge in [-0.3, -0.25) is 15.1 Å². The lowest BCUT2D eigenvalue weighted by Crippen LogP contribution is -2.29. The molecule has 1 heterocycles. The molecule has 0 spiro atoms. The number of aromatic nitrogens is 1. The standard InChI is InChI=1S/C21H21N3O4S.BrH/c1-2-12-22-21-23(19(14-29-21)15-6-4-3-5-7-15)18(13-25)20(26)16-8-10-17(11-9-16)24(27)28;/h2-11,14,18,20,25-26H,1,12-13H2;1H. The highest BCUT2D eigenvalue weighted by Gasteiger charge is 2.26. The average molecular weight is 492 g/mol. The Labute approximate surface area is 188 Å². The number of hydrogen-bond acceptors (Lipinski definition) is 6. The van der Waals surface area contributed by atoms with Crippen molar-refractivity contribution in [1.82, 2.24) is 4.57 Å². The van der Waals surface area contributed by atoms with E-state index in [1.807, 2.05) is 40.3 Å². The molecule has 30 heavy (non-hydrogen) atoms. The quantitative estimate of drug-likeness (QED) is 0.281. The van der Waals surface area contributed by atoms with E-state index in [-0.39, 0.29) is 29.3 Å². The number of aliphatic hydroxyl groups excluding tert-OH is 2. The summed E-state index contributed by atoms with van der Waals surface area (Å²) in [6.45, 7) is 3.75. The Hall–Kier alpha value is -2.59. The van der Waals surface area contributed by atoms with Crippen LogP contribution in [0.5, 0.6) is 0 Å². The van der Waals surface area contributed by atoms with Gasteiger partial charge in [-0.2, -0.15) is 0 Å². The third kappa shape index (κ3) is 5.11. The zero-order valence-electron chi connectivity index (χ0n) is 16.0. The number of halogens is 1. The van der Waals surface area contributed by atoms with Gasteiger partial charge >= 0.3 is 0 Å². The van der Waals surface area contributed by atoms with Crippen LogP contribution in [0.15, 0.2) is 77.6 Å². The Kier molecular flexibility index (Phi) is 8.67. The highest BCUT2D eigenvalue weighted by Crippen LogP contribution is 2.31. The van der Waals surface area contributed by atoms with E-state index in [1.54, 1.807) is 6.08 Å². The molecule has 0 aliphatic heterocycles. The summed E-state index contributed by atoms with van der Waals surface area (Å²) in [7, 11) is 0. The largest absolute Gasteiger partial charge is 0.394 e. The molecular formula is C21H22BrN3O4S. The highest BCUT2D eigenvalue weighted by atomic mass is 79.9. The van der Waals surface area contributed by atoms with Crippen molar-refractivity contribution in [2.75, 3.05) is 13.2 Å². The second-order valence-corrected chi connectivity index (χ2v) is 7.15. The molecule has 0 saturated carbocycles. The van der Waals surface area contributed by atoms with Crippen LogP contribution in [0.3, 0.4) is 0 Å². The van der Waals surface area contributed by atoms with Crippen molar-refractivity contribution in [3.63, 3.8) is 0 Å². The minimum Gasteiger partial charge on any atom is -0.394 e. The highest BCUT2D eigenvalue weighted by molar-refractivity contribution is 8.93. The molecule has 0 radical (unpaired) electrons. The maximum absolute atomic E-state index is 11.0. The number of nitro benzene ring substituents is 1. The molecular weight excluding hydrogens is 470 g/mol. The maximum Gasteiger partial charge on any atom is 0.269 e. The van der Waals surface area contributed by atoms with Gasteiger partial charge in [0, 0.05) is 17.5 Å². The van der Waals surface area contributed by atoms with Gasteiger partial charge in [-0.1, -0.05) is 36.4 Å². The molecule has 2 aromatic carbocycles. The minimum atomic E-state index is -1.08. The molecule has 7 nitrogen and oxygen atoms in total. The first kappa shape index (κ1) is 23.7. The first-order chi connectivity index (χ1) is 14.1. The van der Waals surface area contributed by atoms with E-state index in [2.05, 4.69) is 11.6 Å². The van der Waals surface area contributed by atoms with E-state index in [4.69, 9.17) is 0 Å². The Morgan fingerprint density at radius 3 is 2.43 bits per heavy atom. The molecule has 0 amide bonds. The summed E-state index contributed by atoms with van der Waals surface area (Å²) in [5.41, 5.74) is 2.16. The molecule has 0 fully saturated rings. The maximum atomic E-state index is 11.0. The lowest BCUT2D eigenvalue weighted by Gasteiger charge is -2.25. The molecule has 0 aliphatic carbocycles. The van der Waals surface area contributed by atoms with Crippen molar-refractivity contribution in [1.29, 1.82) is 0 Å². The van der Waals surface area contributed by atoms with Crippen LogP contribution in [-0.2, 0) is 0 Å². The second kappa shape index (κ2) is 11.0. The van der Waals surface area contributed by atoms with Crippen molar-refractivity contribution in [2.24, 2.45) is 4.99 Å². The SMILES string of the molecule is Br.C=CCN=c1scc(-c2ccccc2)n1C(CO)C(O)c1ccc([N+](=O)[O-])cc1. The average Bonchev–Trinajstić information content (AvgIpc) is 3.17. The van der Waals surface area contributed by atoms with Gasteiger partial charge < -0.3 is 14.8 Å². The Morgan fingerprint density at radius 2 is 1.87 bits per heavy atom. The molecule has 9 heteroatoms. The van der Waals surface area contributed by atoms with Gasteiger partial charge in [0.15, 0.2) is 4.80 Å². The van der Waals surface area contributed by atoms with Crippen molar-refractivity contribution in [3.05, 3.63) is 93.1 Å². The number of thiazole rings is 1. The molecule has 2 unspecified atom stereocenters. The predicted octanol–water partition coefficient (Wildman–Crippen LogP) is 4.06. The first-order valence-corrected chi connectivity index (χ1v) is 9.85. The summed E-state index contributed by atoms with van der Waals surface area (Å²) < 4.78 is 1.82. The zero-order chi connectivity index (χ0) is 20.8. The number of hydrogen-bond donors (Lipinski definition) is 2. The summed E-state index contributed by atoms with van der Waals surface area (Å²) in [6.07, 6.45) is 0.591. The number of aliphatic hydroxyl groups is 2. The van der Waals surface area contributed by atoms with E-state index >= 15 is 0 Å². The van der Waals surface area contributed by atoms with Gasteiger partial charge in [0.2, 0.25) is 0 Å². The van der Waals surface area contributed by atoms with Crippen LogP contribution in [0, 0.1) is 10.1 Å². The summed E-state index contributed by atoms with van der Waals surface area (Å²) in [5.74, 6) is 0. The van der Waals surface area contributed by atoms with Crippen LogP contribution in [-0.4, -0.2) is 32.9 Å². The molecule has 2 atom stereocenters. The fourth-order valence-corrected chi connectivity index (χ4v) is 4.02. The lowest BCUT2D eigenvalue weighted by molar-refractivity contribution is -0.384. The fraction of sp³-hybridized carbons (Fsp3) is 0.190. The van der Waals surface area contributed by atoms with E-state index in [1.165, 1.54) is 35.6 Å². The molecule has 0 saturated heterocycles. The summed E-state index contributed by atoms with van der Waals surface area (Å²) >= 11 is 1.41. The van der Waals surface area contributed by atoms with Crippen molar-refractivity contribution in [3.8, 4) is 11.3 Å². The van der Waals surface area contributed by atoms with Crippen LogP contribution < -0.4 is 4.80 Å². The number of benzene rings is 2. The van der Waals surface area contributed by atoms with E-state index in [9.17, 15) is 20.3 Å². The fourth-order valence-electron chi connectivity index (χ4n) is 3.06. The number of nitrogens with zero attached hydrogens (tertiary/aromatic N) is 3. The Morgan fingerprint density at radius 1 is 1.20 bits per heavy atom. The molecule has 0 bridgehead atoms. The Bertz CT molecular complexity index is 1050. The zero-order valence-corrected chi connectivity index (χ0v) is 18.5. The number of rotatable bonds is 8. The summed E-state index contributed by atoms with van der Waals surface area (Å²) in [5, 5.41) is 34.0. The molecule has 1 aromatic heterocycles. The third-order valence-electron chi connectivity index (χ3n) is 4.50. The molecule has 158 valence electrons. The van der Waals surface area contributed by atoms with Gasteiger partial charge in [-0.05, 0) is 23.3 Å². The smallest absolute Gasteiger partial charge is 0.269 e. The van der Waals surface area contributed by atoms with E-state index < -0.39 is 17.1 Å². The van der Waals surface area contributed by atoms with Crippen LogP contribution >= 0.6 is 28.3 Å². The minimum absolute atomic E-state index is 0. The molecule has 3 rings (SSSR count). The van der Waals surface area contributed by atoms with Gasteiger partial charge in [0.05, 0.1) is 29.8 Å². The first-order valence-electron chi connectivity index (χ1n) is 8.97. The topological polar surface area (TPSA) is 101 Å². The summed E-state index contributed by atoms with van der Waals surface area (Å²) in [4.78, 5) is 15.5. The van der Waals surface area contributed by atoms with E-state index in [0.717, 1.165) is 11.3 Å². The third-order valence-corrected chi connectivity index (χ3v) is 5.37. The van der Waals surface area contributed by atoms with Crippen LogP contribution in [0.4, 0.5) is 5.69 Å². The van der Waals surface area contributed by atoms with Crippen LogP contribution in [0.2, 0.25) is 0 Å². The van der Waals surface area contributed by atoms with Crippen molar-refractivity contribution in [2.45, 2.75) is 12.1 Å². The van der Waals surface area contributed by atoms with Gasteiger partial charge in [-0.15, -0.1) is 34.9 Å². The predicted molar refractivity (Wildman–Crippen MR) is 123 cm³/mol. The second-order valence-electron chi connectivity index (χ2n) is 6.31. The molecule has 3 aromatic rings. The van der Waals surface area contributed by atoms with Crippen LogP contribution in [0.25, 0.3) is 11.3 Å². The molecule has 2 N–H and O–H groups in total. The Balaban J connectivity index is 0.00000320. The van der Waals surface area contributed by atoms with Crippen molar-refractivity contribution >= 4 is 34.0 Å². The van der Waals surface area contributed by atoms with Gasteiger partial charge in [-0.25, -0.2) is 0 Å². The number of nitro groups is 1. The lowest BCUT2D eigenvalue weighted by atomic mass is 10.0. The molecule has 0 aliphatic rings. The van der Waals surface area contributed by atoms with Gasteiger partial charge in [0.1, 0.15) is 6.10 Å². The van der Waals surface area contributed by atoms with Crippen molar-refractivity contribution < 1.29 is 15.1 Å². The van der Waals surface area contributed by atoms with E-state index in [0.29, 0.717) is 16.9 Å². The van der Waals surface area contributed by atoms with Crippen LogP contribution in [0.1, 0.15) is 17.7 Å². The number of non-ortho nitro benzene ring substituents is 1.